The van der Waals surface area contributed by atoms with Crippen molar-refractivity contribution >= 4 is 21.5 Å². The van der Waals surface area contributed by atoms with E-state index >= 15 is 0 Å². The van der Waals surface area contributed by atoms with Crippen molar-refractivity contribution < 1.29 is 17.9 Å². The van der Waals surface area contributed by atoms with Gasteiger partial charge in [-0.25, -0.2) is 13.4 Å². The molecule has 0 radical (unpaired) electrons. The van der Waals surface area contributed by atoms with Crippen LogP contribution in [0, 0.1) is 0 Å². The van der Waals surface area contributed by atoms with E-state index in [0.29, 0.717) is 18.1 Å². The number of hydrogen-bond acceptors (Lipinski definition) is 6. The fourth-order valence-electron chi connectivity index (χ4n) is 2.62. The number of benzene rings is 2. The molecule has 4 rings (SSSR count). The Hall–Kier alpha value is -3.26. The number of rotatable bonds is 6. The molecule has 0 atom stereocenters. The number of sulfonamides is 1. The van der Waals surface area contributed by atoms with E-state index in [9.17, 15) is 8.42 Å². The first-order chi connectivity index (χ1) is 13.1. The third-order valence-electron chi connectivity index (χ3n) is 3.98. The molecule has 138 valence electrons. The van der Waals surface area contributed by atoms with Gasteiger partial charge in [-0.1, -0.05) is 24.3 Å². The number of pyridine rings is 1. The molecule has 7 nitrogen and oxygen atoms in total. The van der Waals surface area contributed by atoms with Crippen LogP contribution in [0.25, 0.3) is 0 Å². The Balaban J connectivity index is 1.39. The van der Waals surface area contributed by atoms with Crippen LogP contribution in [0.2, 0.25) is 0 Å². The van der Waals surface area contributed by atoms with E-state index in [-0.39, 0.29) is 11.7 Å². The van der Waals surface area contributed by atoms with Crippen molar-refractivity contribution in [2.75, 3.05) is 16.8 Å². The maximum absolute atomic E-state index is 12.3. The molecular formula is C19H17N3O4S. The Labute approximate surface area is 157 Å². The Kier molecular flexibility index (Phi) is 4.55. The monoisotopic (exact) mass is 383 g/mol. The zero-order valence-electron chi connectivity index (χ0n) is 14.3. The van der Waals surface area contributed by atoms with Crippen LogP contribution in [0.1, 0.15) is 5.56 Å². The Bertz CT molecular complexity index is 1040. The van der Waals surface area contributed by atoms with E-state index in [0.717, 1.165) is 17.1 Å². The van der Waals surface area contributed by atoms with E-state index in [2.05, 4.69) is 15.0 Å². The number of ether oxygens (including phenoxy) is 2. The van der Waals surface area contributed by atoms with E-state index < -0.39 is 10.0 Å². The van der Waals surface area contributed by atoms with Crippen LogP contribution in [0.3, 0.4) is 0 Å². The molecule has 1 aliphatic heterocycles. The van der Waals surface area contributed by atoms with Gasteiger partial charge >= 0.3 is 0 Å². The molecule has 1 aliphatic rings. The Morgan fingerprint density at radius 3 is 2.56 bits per heavy atom. The van der Waals surface area contributed by atoms with Crippen LogP contribution in [-0.2, 0) is 16.6 Å². The van der Waals surface area contributed by atoms with Crippen LogP contribution in [-0.4, -0.2) is 20.2 Å². The third kappa shape index (κ3) is 3.95. The summed E-state index contributed by atoms with van der Waals surface area (Å²) in [4.78, 5) is 4.45. The van der Waals surface area contributed by atoms with Gasteiger partial charge in [0.25, 0.3) is 10.0 Å². The van der Waals surface area contributed by atoms with E-state index in [1.54, 1.807) is 30.3 Å². The summed E-state index contributed by atoms with van der Waals surface area (Å²) in [6.45, 7) is 0.798. The van der Waals surface area contributed by atoms with Crippen molar-refractivity contribution in [2.24, 2.45) is 0 Å². The highest BCUT2D eigenvalue weighted by Gasteiger charge is 2.14. The molecule has 0 saturated carbocycles. The summed E-state index contributed by atoms with van der Waals surface area (Å²) in [5.74, 6) is 2.11. The third-order valence-corrected chi connectivity index (χ3v) is 5.38. The van der Waals surface area contributed by atoms with Crippen LogP contribution < -0.4 is 19.5 Å². The van der Waals surface area contributed by atoms with E-state index in [1.807, 2.05) is 18.2 Å². The Morgan fingerprint density at radius 1 is 0.963 bits per heavy atom. The van der Waals surface area contributed by atoms with E-state index in [1.165, 1.54) is 18.3 Å². The van der Waals surface area contributed by atoms with Gasteiger partial charge in [0, 0.05) is 6.54 Å². The number of hydrogen-bond donors (Lipinski definition) is 2. The number of nitrogens with zero attached hydrogens (tertiary/aromatic N) is 1. The highest BCUT2D eigenvalue weighted by atomic mass is 32.2. The lowest BCUT2D eigenvalue weighted by Crippen LogP contribution is -2.13. The average Bonchev–Trinajstić information content (AvgIpc) is 3.16. The minimum Gasteiger partial charge on any atom is -0.454 e. The zero-order chi connectivity index (χ0) is 18.7. The summed E-state index contributed by atoms with van der Waals surface area (Å²) < 4.78 is 37.8. The molecule has 0 fully saturated rings. The quantitative estimate of drug-likeness (QED) is 0.679. The van der Waals surface area contributed by atoms with Gasteiger partial charge in [0.05, 0.1) is 16.8 Å². The lowest BCUT2D eigenvalue weighted by atomic mass is 10.2. The maximum atomic E-state index is 12.3. The fraction of sp³-hybridized carbons (Fsp3) is 0.105. The van der Waals surface area contributed by atoms with Gasteiger partial charge < -0.3 is 14.8 Å². The number of fused-ring (bicyclic) bond motifs is 1. The van der Waals surface area contributed by atoms with E-state index in [4.69, 9.17) is 9.47 Å². The minimum absolute atomic E-state index is 0.204. The van der Waals surface area contributed by atoms with Crippen LogP contribution in [0.4, 0.5) is 11.5 Å². The molecule has 2 N–H and O–H groups in total. The molecular weight excluding hydrogens is 366 g/mol. The summed E-state index contributed by atoms with van der Waals surface area (Å²) >= 11 is 0. The van der Waals surface area contributed by atoms with Crippen LogP contribution in [0.5, 0.6) is 11.5 Å². The molecule has 0 unspecified atom stereocenters. The number of nitrogens with one attached hydrogen (secondary N) is 2. The SMILES string of the molecule is O=S(=O)(Nc1ccc(NCc2ccc3c(c2)OCO3)nc1)c1ccccc1. The smallest absolute Gasteiger partial charge is 0.261 e. The van der Waals surface area contributed by atoms with Gasteiger partial charge in [0.15, 0.2) is 11.5 Å². The first-order valence-corrected chi connectivity index (χ1v) is 9.75. The predicted molar refractivity (Wildman–Crippen MR) is 101 cm³/mol. The number of anilines is 2. The van der Waals surface area contributed by atoms with Crippen LogP contribution >= 0.6 is 0 Å². The summed E-state index contributed by atoms with van der Waals surface area (Å²) in [6, 6.07) is 17.3. The second-order valence-electron chi connectivity index (χ2n) is 5.89. The topological polar surface area (TPSA) is 89.6 Å². The highest BCUT2D eigenvalue weighted by molar-refractivity contribution is 7.92. The van der Waals surface area contributed by atoms with Gasteiger partial charge in [-0.2, -0.15) is 0 Å². The molecule has 0 spiro atoms. The molecule has 27 heavy (non-hydrogen) atoms. The highest BCUT2D eigenvalue weighted by Crippen LogP contribution is 2.32. The molecule has 0 amide bonds. The maximum Gasteiger partial charge on any atom is 0.261 e. The predicted octanol–water partition coefficient (Wildman–Crippen LogP) is 3.22. The first kappa shape index (κ1) is 17.2. The van der Waals surface area contributed by atoms with Crippen molar-refractivity contribution in [1.82, 2.24) is 4.98 Å². The molecule has 0 bridgehead atoms. The van der Waals surface area contributed by atoms with Gasteiger partial charge in [-0.3, -0.25) is 4.72 Å². The second-order valence-corrected chi connectivity index (χ2v) is 7.57. The Morgan fingerprint density at radius 2 is 1.78 bits per heavy atom. The summed E-state index contributed by atoms with van der Waals surface area (Å²) in [5.41, 5.74) is 1.42. The van der Waals surface area contributed by atoms with Crippen molar-refractivity contribution in [1.29, 1.82) is 0 Å². The van der Waals surface area contributed by atoms with Crippen molar-refractivity contribution in [2.45, 2.75) is 11.4 Å². The normalized spacial score (nSPS) is 12.6. The van der Waals surface area contributed by atoms with Crippen molar-refractivity contribution in [3.05, 3.63) is 72.4 Å². The lowest BCUT2D eigenvalue weighted by molar-refractivity contribution is 0.174. The molecule has 1 aromatic heterocycles. The summed E-state index contributed by atoms with van der Waals surface area (Å²) in [5, 5.41) is 3.19. The number of aromatic nitrogens is 1. The van der Waals surface area contributed by atoms with Gasteiger partial charge in [0.1, 0.15) is 5.82 Å². The summed E-state index contributed by atoms with van der Waals surface area (Å²) in [6.07, 6.45) is 1.47. The van der Waals surface area contributed by atoms with Crippen LogP contribution in [0.15, 0.2) is 71.8 Å². The molecule has 0 aliphatic carbocycles. The van der Waals surface area contributed by atoms with Gasteiger partial charge in [-0.05, 0) is 42.0 Å². The van der Waals surface area contributed by atoms with Gasteiger partial charge in [-0.15, -0.1) is 0 Å². The minimum atomic E-state index is -3.62. The average molecular weight is 383 g/mol. The first-order valence-electron chi connectivity index (χ1n) is 8.26. The molecule has 2 aromatic carbocycles. The van der Waals surface area contributed by atoms with Gasteiger partial charge in [0.2, 0.25) is 6.79 Å². The second kappa shape index (κ2) is 7.16. The fourth-order valence-corrected chi connectivity index (χ4v) is 3.68. The summed E-state index contributed by atoms with van der Waals surface area (Å²) in [7, 11) is -3.62. The van der Waals surface area contributed by atoms with Crippen molar-refractivity contribution in [3.63, 3.8) is 0 Å². The molecule has 0 saturated heterocycles. The zero-order valence-corrected chi connectivity index (χ0v) is 15.1. The molecule has 8 heteroatoms. The molecule has 3 aromatic rings. The standard InChI is InChI=1S/C19H17N3O4S/c23-27(24,16-4-2-1-3-5-16)22-15-7-9-19(21-12-15)20-11-14-6-8-17-18(10-14)26-13-25-17/h1-10,12,22H,11,13H2,(H,20,21). The largest absolute Gasteiger partial charge is 0.454 e. The molecule has 2 heterocycles. The lowest BCUT2D eigenvalue weighted by Gasteiger charge is -2.10. The van der Waals surface area contributed by atoms with Crippen molar-refractivity contribution in [3.8, 4) is 11.5 Å².